The highest BCUT2D eigenvalue weighted by atomic mass is 127. The average molecular weight is 509 g/mol. The van der Waals surface area contributed by atoms with E-state index in [9.17, 15) is 0 Å². The number of ether oxygens (including phenoxy) is 1. The highest BCUT2D eigenvalue weighted by Crippen LogP contribution is 2.18. The summed E-state index contributed by atoms with van der Waals surface area (Å²) in [5, 5.41) is 4.25. The van der Waals surface area contributed by atoms with Gasteiger partial charge in [-0.1, -0.05) is 11.6 Å². The van der Waals surface area contributed by atoms with E-state index in [0.29, 0.717) is 18.6 Å². The van der Waals surface area contributed by atoms with Crippen LogP contribution in [0.3, 0.4) is 0 Å². The molecule has 1 aromatic carbocycles. The van der Waals surface area contributed by atoms with Crippen molar-refractivity contribution in [1.82, 2.24) is 15.1 Å². The fourth-order valence-corrected chi connectivity index (χ4v) is 3.42. The predicted molar refractivity (Wildman–Crippen MR) is 126 cm³/mol. The molecule has 27 heavy (non-hydrogen) atoms. The standard InChI is InChI=1S/C20H33ClN4O.HI/c1-16(2)25-11-5-6-17(15-25)14-23-20(22-3)24(4)12-13-26-19-9-7-18(21)8-10-19;/h7-10,16-17H,5-6,11-15H2,1-4H3,(H,22,23);1H. The Bertz CT molecular complexity index is 568. The number of nitrogens with zero attached hydrogens (tertiary/aromatic N) is 3. The lowest BCUT2D eigenvalue weighted by atomic mass is 9.97. The molecule has 1 aliphatic heterocycles. The zero-order valence-electron chi connectivity index (χ0n) is 16.9. The van der Waals surface area contributed by atoms with E-state index in [2.05, 4.69) is 34.0 Å². The molecule has 7 heteroatoms. The van der Waals surface area contributed by atoms with Gasteiger partial charge in [-0.2, -0.15) is 0 Å². The third kappa shape index (κ3) is 8.44. The number of nitrogens with one attached hydrogen (secondary N) is 1. The van der Waals surface area contributed by atoms with E-state index in [1.165, 1.54) is 25.9 Å². The van der Waals surface area contributed by atoms with Gasteiger partial charge in [-0.25, -0.2) is 0 Å². The summed E-state index contributed by atoms with van der Waals surface area (Å²) >= 11 is 5.89. The Morgan fingerprint density at radius 2 is 2.07 bits per heavy atom. The fourth-order valence-electron chi connectivity index (χ4n) is 3.29. The Hall–Kier alpha value is -0.730. The van der Waals surface area contributed by atoms with Gasteiger partial charge in [0.15, 0.2) is 5.96 Å². The van der Waals surface area contributed by atoms with Crippen LogP contribution < -0.4 is 10.1 Å². The fraction of sp³-hybridized carbons (Fsp3) is 0.650. The Morgan fingerprint density at radius 1 is 1.37 bits per heavy atom. The maximum atomic E-state index is 5.89. The van der Waals surface area contributed by atoms with Gasteiger partial charge in [0.1, 0.15) is 12.4 Å². The van der Waals surface area contributed by atoms with Crippen LogP contribution in [0.5, 0.6) is 5.75 Å². The molecule has 1 atom stereocenters. The maximum Gasteiger partial charge on any atom is 0.193 e. The first-order valence-electron chi connectivity index (χ1n) is 9.53. The van der Waals surface area contributed by atoms with E-state index in [1.54, 1.807) is 0 Å². The smallest absolute Gasteiger partial charge is 0.193 e. The molecule has 0 bridgehead atoms. The Balaban J connectivity index is 0.00000364. The first-order chi connectivity index (χ1) is 12.5. The molecular weight excluding hydrogens is 475 g/mol. The maximum absolute atomic E-state index is 5.89. The lowest BCUT2D eigenvalue weighted by Gasteiger charge is -2.36. The molecule has 1 N–H and O–H groups in total. The Morgan fingerprint density at radius 3 is 2.70 bits per heavy atom. The van der Waals surface area contributed by atoms with Crippen LogP contribution in [0.1, 0.15) is 26.7 Å². The minimum absolute atomic E-state index is 0. The molecule has 1 saturated heterocycles. The van der Waals surface area contributed by atoms with Crippen molar-refractivity contribution in [2.75, 3.05) is 46.9 Å². The summed E-state index contributed by atoms with van der Waals surface area (Å²) in [6.07, 6.45) is 2.57. The zero-order chi connectivity index (χ0) is 18.9. The van der Waals surface area contributed by atoms with Gasteiger partial charge in [0.2, 0.25) is 0 Å². The van der Waals surface area contributed by atoms with Gasteiger partial charge in [0.25, 0.3) is 0 Å². The lowest BCUT2D eigenvalue weighted by Crippen LogP contribution is -2.47. The summed E-state index contributed by atoms with van der Waals surface area (Å²) in [6, 6.07) is 8.08. The first kappa shape index (κ1) is 24.3. The van der Waals surface area contributed by atoms with Crippen molar-refractivity contribution in [3.8, 4) is 5.75 Å². The molecule has 1 unspecified atom stereocenters. The van der Waals surface area contributed by atoms with Crippen LogP contribution >= 0.6 is 35.6 Å². The number of aliphatic imine (C=N–C) groups is 1. The molecule has 2 rings (SSSR count). The van der Waals surface area contributed by atoms with E-state index in [0.717, 1.165) is 29.8 Å². The second-order valence-corrected chi connectivity index (χ2v) is 7.69. The summed E-state index contributed by atoms with van der Waals surface area (Å²) in [4.78, 5) is 9.09. The van der Waals surface area contributed by atoms with Gasteiger partial charge in [-0.05, 0) is 63.4 Å². The zero-order valence-corrected chi connectivity index (χ0v) is 20.0. The van der Waals surface area contributed by atoms with Gasteiger partial charge in [0.05, 0.1) is 6.54 Å². The minimum atomic E-state index is 0. The summed E-state index contributed by atoms with van der Waals surface area (Å²) in [7, 11) is 3.88. The minimum Gasteiger partial charge on any atom is -0.492 e. The second-order valence-electron chi connectivity index (χ2n) is 7.25. The van der Waals surface area contributed by atoms with E-state index >= 15 is 0 Å². The molecular formula is C20H34ClIN4O. The number of rotatable bonds is 7. The van der Waals surface area contributed by atoms with Gasteiger partial charge in [0, 0.05) is 38.2 Å². The third-order valence-electron chi connectivity index (χ3n) is 4.91. The van der Waals surface area contributed by atoms with Gasteiger partial charge in [-0.3, -0.25) is 4.99 Å². The monoisotopic (exact) mass is 508 g/mol. The molecule has 0 amide bonds. The number of piperidine rings is 1. The molecule has 1 aromatic rings. The highest BCUT2D eigenvalue weighted by molar-refractivity contribution is 14.0. The molecule has 0 saturated carbocycles. The van der Waals surface area contributed by atoms with Crippen LogP contribution in [0.25, 0.3) is 0 Å². The summed E-state index contributed by atoms with van der Waals surface area (Å²) < 4.78 is 5.77. The number of benzene rings is 1. The molecule has 1 heterocycles. The van der Waals surface area contributed by atoms with E-state index < -0.39 is 0 Å². The Kier molecular flexibility index (Phi) is 11.4. The number of hydrogen-bond acceptors (Lipinski definition) is 3. The van der Waals surface area contributed by atoms with Crippen molar-refractivity contribution in [3.63, 3.8) is 0 Å². The second kappa shape index (κ2) is 12.7. The normalized spacial score (nSPS) is 18.1. The summed E-state index contributed by atoms with van der Waals surface area (Å²) in [6.45, 7) is 9.30. The van der Waals surface area contributed by atoms with Crippen molar-refractivity contribution >= 4 is 41.5 Å². The van der Waals surface area contributed by atoms with E-state index in [-0.39, 0.29) is 24.0 Å². The molecule has 5 nitrogen and oxygen atoms in total. The number of hydrogen-bond donors (Lipinski definition) is 1. The molecule has 1 aliphatic rings. The number of likely N-dealkylation sites (N-methyl/N-ethyl adjacent to an activating group) is 1. The highest BCUT2D eigenvalue weighted by Gasteiger charge is 2.22. The van der Waals surface area contributed by atoms with Crippen molar-refractivity contribution in [2.45, 2.75) is 32.7 Å². The van der Waals surface area contributed by atoms with Gasteiger partial charge >= 0.3 is 0 Å². The van der Waals surface area contributed by atoms with Crippen molar-refractivity contribution < 1.29 is 4.74 Å². The molecule has 154 valence electrons. The molecule has 1 fully saturated rings. The van der Waals surface area contributed by atoms with Crippen LogP contribution in [0, 0.1) is 5.92 Å². The van der Waals surface area contributed by atoms with Crippen LogP contribution in [0.2, 0.25) is 5.02 Å². The quantitative estimate of drug-likeness (QED) is 0.344. The van der Waals surface area contributed by atoms with Crippen LogP contribution in [-0.4, -0.2) is 68.7 Å². The van der Waals surface area contributed by atoms with Crippen molar-refractivity contribution in [1.29, 1.82) is 0 Å². The van der Waals surface area contributed by atoms with Gasteiger partial charge in [-0.15, -0.1) is 24.0 Å². The first-order valence-corrected chi connectivity index (χ1v) is 9.91. The average Bonchev–Trinajstić information content (AvgIpc) is 2.64. The summed E-state index contributed by atoms with van der Waals surface area (Å²) in [5.41, 5.74) is 0. The third-order valence-corrected chi connectivity index (χ3v) is 5.16. The number of likely N-dealkylation sites (tertiary alicyclic amines) is 1. The molecule has 0 spiro atoms. The summed E-state index contributed by atoms with van der Waals surface area (Å²) in [5.74, 6) is 2.44. The van der Waals surface area contributed by atoms with E-state index in [4.69, 9.17) is 16.3 Å². The van der Waals surface area contributed by atoms with Crippen LogP contribution in [0.4, 0.5) is 0 Å². The van der Waals surface area contributed by atoms with Crippen molar-refractivity contribution in [3.05, 3.63) is 29.3 Å². The number of guanidine groups is 1. The van der Waals surface area contributed by atoms with Crippen LogP contribution in [0.15, 0.2) is 29.3 Å². The molecule has 0 aliphatic carbocycles. The topological polar surface area (TPSA) is 40.1 Å². The van der Waals surface area contributed by atoms with Crippen LogP contribution in [-0.2, 0) is 0 Å². The lowest BCUT2D eigenvalue weighted by molar-refractivity contribution is 0.140. The van der Waals surface area contributed by atoms with E-state index in [1.807, 2.05) is 38.4 Å². The SMILES string of the molecule is CN=C(NCC1CCCN(C(C)C)C1)N(C)CCOc1ccc(Cl)cc1.I. The molecule has 0 aromatic heterocycles. The predicted octanol–water partition coefficient (Wildman–Crippen LogP) is 3.96. The van der Waals surface area contributed by atoms with Gasteiger partial charge < -0.3 is 19.9 Å². The number of halogens is 2. The Labute approximate surface area is 186 Å². The largest absolute Gasteiger partial charge is 0.492 e. The van der Waals surface area contributed by atoms with Crippen molar-refractivity contribution in [2.24, 2.45) is 10.9 Å². The molecule has 0 radical (unpaired) electrons.